The van der Waals surface area contributed by atoms with Crippen molar-refractivity contribution in [3.63, 3.8) is 0 Å². The molecule has 0 atom stereocenters. The van der Waals surface area contributed by atoms with E-state index < -0.39 is 0 Å². The summed E-state index contributed by atoms with van der Waals surface area (Å²) in [4.78, 5) is 3.25. The second kappa shape index (κ2) is 4.41. The molecule has 16 heavy (non-hydrogen) atoms. The fraction of sp³-hybridized carbons (Fsp3) is 0.231. The summed E-state index contributed by atoms with van der Waals surface area (Å²) in [6, 6.07) is 9.79. The van der Waals surface area contributed by atoms with Gasteiger partial charge in [0.15, 0.2) is 0 Å². The Morgan fingerprint density at radius 2 is 2.12 bits per heavy atom. The third kappa shape index (κ3) is 1.95. The predicted octanol–water partition coefficient (Wildman–Crippen LogP) is 2.49. The Morgan fingerprint density at radius 3 is 2.75 bits per heavy atom. The number of nitrogens with one attached hydrogen (secondary N) is 1. The average Bonchev–Trinajstić information content (AvgIpc) is 2.71. The molecule has 2 aromatic rings. The lowest BCUT2D eigenvalue weighted by Gasteiger charge is -2.02. The first-order valence-corrected chi connectivity index (χ1v) is 5.18. The van der Waals surface area contributed by atoms with Crippen LogP contribution in [0.3, 0.4) is 0 Å². The topological polar surface area (TPSA) is 45.2 Å². The smallest absolute Gasteiger partial charge is 0.119 e. The van der Waals surface area contributed by atoms with Gasteiger partial charge < -0.3 is 14.8 Å². The number of hydrogen-bond acceptors (Lipinski definition) is 2. The maximum Gasteiger partial charge on any atom is 0.119 e. The molecule has 3 heteroatoms. The number of aromatic amines is 1. The van der Waals surface area contributed by atoms with Crippen LogP contribution in [0.1, 0.15) is 11.3 Å². The molecule has 1 aromatic carbocycles. The van der Waals surface area contributed by atoms with E-state index in [0.29, 0.717) is 0 Å². The molecule has 0 amide bonds. The molecule has 0 saturated carbocycles. The van der Waals surface area contributed by atoms with Crippen molar-refractivity contribution in [2.24, 2.45) is 0 Å². The van der Waals surface area contributed by atoms with Crippen LogP contribution < -0.4 is 4.74 Å². The van der Waals surface area contributed by atoms with Crippen molar-refractivity contribution < 1.29 is 9.84 Å². The van der Waals surface area contributed by atoms with Crippen LogP contribution in [0.25, 0.3) is 11.3 Å². The summed E-state index contributed by atoms with van der Waals surface area (Å²) in [5.74, 6) is 0.829. The summed E-state index contributed by atoms with van der Waals surface area (Å²) < 4.78 is 5.18. The van der Waals surface area contributed by atoms with E-state index in [9.17, 15) is 0 Å². The van der Waals surface area contributed by atoms with E-state index >= 15 is 0 Å². The van der Waals surface area contributed by atoms with Gasteiger partial charge in [0, 0.05) is 17.0 Å². The summed E-state index contributed by atoms with van der Waals surface area (Å²) >= 11 is 0. The molecule has 0 aliphatic heterocycles. The zero-order valence-electron chi connectivity index (χ0n) is 9.45. The van der Waals surface area contributed by atoms with E-state index in [1.165, 1.54) is 0 Å². The fourth-order valence-electron chi connectivity index (χ4n) is 1.71. The Hall–Kier alpha value is -1.74. The minimum absolute atomic E-state index is 0.0618. The maximum absolute atomic E-state index is 9.13. The van der Waals surface area contributed by atoms with Gasteiger partial charge in [-0.3, -0.25) is 0 Å². The molecular weight excluding hydrogens is 202 g/mol. The van der Waals surface area contributed by atoms with E-state index in [2.05, 4.69) is 4.98 Å². The number of aliphatic hydroxyl groups excluding tert-OH is 1. The number of ether oxygens (including phenoxy) is 1. The van der Waals surface area contributed by atoms with Gasteiger partial charge in [-0.1, -0.05) is 12.1 Å². The lowest BCUT2D eigenvalue weighted by Crippen LogP contribution is -1.83. The molecule has 0 saturated heterocycles. The molecule has 0 bridgehead atoms. The first-order chi connectivity index (χ1) is 7.74. The number of aromatic nitrogens is 1. The van der Waals surface area contributed by atoms with Crippen LogP contribution in [0.15, 0.2) is 30.3 Å². The molecule has 0 unspecified atom stereocenters. The number of aliphatic hydroxyl groups is 1. The van der Waals surface area contributed by atoms with E-state index in [0.717, 1.165) is 28.3 Å². The standard InChI is InChI=1S/C13H15NO2/c1-9-11(8-15)7-13(14-9)10-4-3-5-12(6-10)16-2/h3-7,14-15H,8H2,1-2H3. The Labute approximate surface area is 94.7 Å². The van der Waals surface area contributed by atoms with Crippen LogP contribution >= 0.6 is 0 Å². The Kier molecular flexibility index (Phi) is 2.97. The zero-order chi connectivity index (χ0) is 11.5. The Balaban J connectivity index is 2.41. The number of benzene rings is 1. The van der Waals surface area contributed by atoms with Gasteiger partial charge in [0.25, 0.3) is 0 Å². The summed E-state index contributed by atoms with van der Waals surface area (Å²) in [5.41, 5.74) is 3.99. The number of rotatable bonds is 3. The van der Waals surface area contributed by atoms with E-state index in [1.54, 1.807) is 7.11 Å². The quantitative estimate of drug-likeness (QED) is 0.829. The van der Waals surface area contributed by atoms with Crippen LogP contribution in [0.2, 0.25) is 0 Å². The van der Waals surface area contributed by atoms with Crippen LogP contribution in [0, 0.1) is 6.92 Å². The first kappa shape index (κ1) is 10.8. The second-order valence-corrected chi connectivity index (χ2v) is 3.72. The Morgan fingerprint density at radius 1 is 1.31 bits per heavy atom. The monoisotopic (exact) mass is 217 g/mol. The summed E-state index contributed by atoms with van der Waals surface area (Å²) in [6.45, 7) is 2.02. The van der Waals surface area contributed by atoms with Crippen molar-refractivity contribution in [3.8, 4) is 17.0 Å². The van der Waals surface area contributed by atoms with Crippen molar-refractivity contribution in [1.29, 1.82) is 0 Å². The Bertz CT molecular complexity index is 488. The summed E-state index contributed by atoms with van der Waals surface area (Å²) in [7, 11) is 1.65. The van der Waals surface area contributed by atoms with Gasteiger partial charge in [-0.25, -0.2) is 0 Å². The fourth-order valence-corrected chi connectivity index (χ4v) is 1.71. The highest BCUT2D eigenvalue weighted by Crippen LogP contribution is 2.25. The molecule has 2 N–H and O–H groups in total. The molecule has 84 valence electrons. The highest BCUT2D eigenvalue weighted by atomic mass is 16.5. The number of hydrogen-bond donors (Lipinski definition) is 2. The van der Waals surface area contributed by atoms with Gasteiger partial charge in [-0.15, -0.1) is 0 Å². The van der Waals surface area contributed by atoms with Crippen molar-refractivity contribution in [3.05, 3.63) is 41.6 Å². The number of H-pyrrole nitrogens is 1. The van der Waals surface area contributed by atoms with Crippen LogP contribution in [-0.4, -0.2) is 17.2 Å². The predicted molar refractivity (Wildman–Crippen MR) is 63.4 cm³/mol. The number of methoxy groups -OCH3 is 1. The van der Waals surface area contributed by atoms with Crippen molar-refractivity contribution in [1.82, 2.24) is 4.98 Å². The second-order valence-electron chi connectivity index (χ2n) is 3.72. The van der Waals surface area contributed by atoms with Gasteiger partial charge in [0.2, 0.25) is 0 Å². The first-order valence-electron chi connectivity index (χ1n) is 5.18. The molecular formula is C13H15NO2. The SMILES string of the molecule is COc1cccc(-c2cc(CO)c(C)[nH]2)c1. The van der Waals surface area contributed by atoms with E-state index in [-0.39, 0.29) is 6.61 Å². The van der Waals surface area contributed by atoms with Crippen molar-refractivity contribution in [2.75, 3.05) is 7.11 Å². The highest BCUT2D eigenvalue weighted by molar-refractivity contribution is 5.63. The van der Waals surface area contributed by atoms with Gasteiger partial charge in [0.05, 0.1) is 13.7 Å². The molecule has 0 aliphatic carbocycles. The molecule has 1 aromatic heterocycles. The van der Waals surface area contributed by atoms with Crippen LogP contribution in [0.5, 0.6) is 5.75 Å². The molecule has 1 heterocycles. The van der Waals surface area contributed by atoms with Crippen LogP contribution in [-0.2, 0) is 6.61 Å². The minimum Gasteiger partial charge on any atom is -0.497 e. The average molecular weight is 217 g/mol. The minimum atomic E-state index is 0.0618. The van der Waals surface area contributed by atoms with E-state index in [4.69, 9.17) is 9.84 Å². The lowest BCUT2D eigenvalue weighted by atomic mass is 10.1. The molecule has 0 radical (unpaired) electrons. The van der Waals surface area contributed by atoms with E-state index in [1.807, 2.05) is 37.3 Å². The molecule has 0 spiro atoms. The third-order valence-corrected chi connectivity index (χ3v) is 2.67. The molecule has 3 nitrogen and oxygen atoms in total. The largest absolute Gasteiger partial charge is 0.497 e. The summed E-state index contributed by atoms with van der Waals surface area (Å²) in [5, 5.41) is 9.13. The molecule has 0 aliphatic rings. The maximum atomic E-state index is 9.13. The van der Waals surface area contributed by atoms with Gasteiger partial charge in [-0.05, 0) is 30.7 Å². The highest BCUT2D eigenvalue weighted by Gasteiger charge is 2.06. The van der Waals surface area contributed by atoms with Crippen molar-refractivity contribution >= 4 is 0 Å². The third-order valence-electron chi connectivity index (χ3n) is 2.67. The molecule has 0 fully saturated rings. The van der Waals surface area contributed by atoms with Crippen molar-refractivity contribution in [2.45, 2.75) is 13.5 Å². The van der Waals surface area contributed by atoms with Gasteiger partial charge in [-0.2, -0.15) is 0 Å². The zero-order valence-corrected chi connectivity index (χ0v) is 9.45. The van der Waals surface area contributed by atoms with Gasteiger partial charge >= 0.3 is 0 Å². The van der Waals surface area contributed by atoms with Crippen LogP contribution in [0.4, 0.5) is 0 Å². The molecule has 2 rings (SSSR count). The lowest BCUT2D eigenvalue weighted by molar-refractivity contribution is 0.281. The number of aryl methyl sites for hydroxylation is 1. The summed E-state index contributed by atoms with van der Waals surface area (Å²) in [6.07, 6.45) is 0. The van der Waals surface area contributed by atoms with Gasteiger partial charge in [0.1, 0.15) is 5.75 Å². The normalized spacial score (nSPS) is 10.4.